The molecule has 292 valence electrons. The summed E-state index contributed by atoms with van der Waals surface area (Å²) in [6.45, 7) is 11.8. The Bertz CT molecular complexity index is 1150. The maximum atomic E-state index is 12.3. The van der Waals surface area contributed by atoms with E-state index < -0.39 is 6.09 Å². The van der Waals surface area contributed by atoms with Gasteiger partial charge in [0.05, 0.1) is 112 Å². The van der Waals surface area contributed by atoms with Crippen LogP contribution in [0.15, 0.2) is 48.5 Å². The normalized spacial score (nSPS) is 14.4. The summed E-state index contributed by atoms with van der Waals surface area (Å²) in [5.41, 5.74) is 4.82. The molecule has 4 rings (SSSR count). The molecule has 2 aromatic rings. The molecule has 52 heavy (non-hydrogen) atoms. The molecule has 1 fully saturated rings. The van der Waals surface area contributed by atoms with E-state index in [4.69, 9.17) is 47.4 Å². The third kappa shape index (κ3) is 17.4. The average Bonchev–Trinajstić information content (AvgIpc) is 3.50. The van der Waals surface area contributed by atoms with Crippen molar-refractivity contribution in [3.05, 3.63) is 59.7 Å². The van der Waals surface area contributed by atoms with Crippen LogP contribution in [-0.2, 0) is 47.4 Å². The van der Waals surface area contributed by atoms with Crippen molar-refractivity contribution in [1.29, 1.82) is 0 Å². The number of rotatable bonds is 31. The second-order valence-electron chi connectivity index (χ2n) is 12.3. The summed E-state index contributed by atoms with van der Waals surface area (Å²) in [6, 6.07) is 16.6. The zero-order valence-corrected chi connectivity index (χ0v) is 30.7. The highest BCUT2D eigenvalue weighted by molar-refractivity contribution is 5.79. The van der Waals surface area contributed by atoms with Crippen LogP contribution < -0.4 is 10.6 Å². The zero-order valence-electron chi connectivity index (χ0n) is 30.7. The number of carbonyl (C=O) groups excluding carboxylic acids is 1. The van der Waals surface area contributed by atoms with Crippen LogP contribution in [0.4, 0.5) is 4.79 Å². The molecule has 13 heteroatoms. The van der Waals surface area contributed by atoms with Gasteiger partial charge < -0.3 is 58.0 Å². The lowest BCUT2D eigenvalue weighted by atomic mass is 9.98. The standard InChI is InChI=1S/C39H60N2O11/c42-39(52-32-38-36-8-3-1-6-34(36)35-7-2-4-9-37(35)38)41-12-5-15-43-16-17-44-18-19-45-20-21-46-22-23-47-24-25-48-26-27-49-28-29-50-30-31-51-33-10-13-40-14-11-33/h1-4,6-9,33,38,40H,5,10-32H2,(H,41,42). The summed E-state index contributed by atoms with van der Waals surface area (Å²) < 4.78 is 55.6. The van der Waals surface area contributed by atoms with Crippen molar-refractivity contribution >= 4 is 6.09 Å². The monoisotopic (exact) mass is 732 g/mol. The van der Waals surface area contributed by atoms with Crippen molar-refractivity contribution in [3.63, 3.8) is 0 Å². The van der Waals surface area contributed by atoms with Crippen molar-refractivity contribution in [2.24, 2.45) is 0 Å². The van der Waals surface area contributed by atoms with Crippen molar-refractivity contribution in [2.75, 3.05) is 139 Å². The number of piperidine rings is 1. The molecule has 1 aliphatic heterocycles. The van der Waals surface area contributed by atoms with Crippen LogP contribution in [0.5, 0.6) is 0 Å². The van der Waals surface area contributed by atoms with Crippen LogP contribution in [0.3, 0.4) is 0 Å². The predicted molar refractivity (Wildman–Crippen MR) is 196 cm³/mol. The van der Waals surface area contributed by atoms with Crippen LogP contribution >= 0.6 is 0 Å². The Morgan fingerprint density at radius 3 is 1.42 bits per heavy atom. The highest BCUT2D eigenvalue weighted by Gasteiger charge is 2.29. The molecule has 2 aromatic carbocycles. The second kappa shape index (κ2) is 27.9. The van der Waals surface area contributed by atoms with Crippen molar-refractivity contribution in [1.82, 2.24) is 10.6 Å². The van der Waals surface area contributed by atoms with E-state index in [0.717, 1.165) is 25.9 Å². The van der Waals surface area contributed by atoms with Gasteiger partial charge in [-0.3, -0.25) is 0 Å². The minimum atomic E-state index is -0.412. The molecule has 0 spiro atoms. The molecule has 0 saturated carbocycles. The third-order valence-corrected chi connectivity index (χ3v) is 8.55. The Hall–Kier alpha value is -2.69. The van der Waals surface area contributed by atoms with Gasteiger partial charge in [0.1, 0.15) is 6.61 Å². The van der Waals surface area contributed by atoms with Gasteiger partial charge in [0.2, 0.25) is 0 Å². The molecule has 0 bridgehead atoms. The molecule has 2 N–H and O–H groups in total. The number of carbonyl (C=O) groups is 1. The largest absolute Gasteiger partial charge is 0.449 e. The molecule has 0 atom stereocenters. The van der Waals surface area contributed by atoms with Gasteiger partial charge in [-0.05, 0) is 54.6 Å². The number of alkyl carbamates (subject to hydrolysis) is 1. The molecule has 2 aliphatic rings. The summed E-state index contributed by atoms with van der Waals surface area (Å²) in [4.78, 5) is 12.3. The van der Waals surface area contributed by atoms with E-state index in [1.807, 2.05) is 24.3 Å². The summed E-state index contributed by atoms with van der Waals surface area (Å²) in [5, 5.41) is 6.14. The Morgan fingerprint density at radius 2 is 0.962 bits per heavy atom. The molecule has 1 aliphatic carbocycles. The Balaban J connectivity index is 0.799. The van der Waals surface area contributed by atoms with Gasteiger partial charge in [-0.15, -0.1) is 0 Å². The SMILES string of the molecule is O=C(NCCCOCCOCCOCCOCCOCCOCCOCCOCCOC1CCNCC1)OCC1c2ccccc2-c2ccccc21. The number of fused-ring (bicyclic) bond motifs is 3. The lowest BCUT2D eigenvalue weighted by Gasteiger charge is -2.22. The van der Waals surface area contributed by atoms with Gasteiger partial charge in [-0.25, -0.2) is 4.79 Å². The lowest BCUT2D eigenvalue weighted by Crippen LogP contribution is -2.33. The number of hydrogen-bond donors (Lipinski definition) is 2. The first-order valence-corrected chi connectivity index (χ1v) is 18.9. The molecule has 0 radical (unpaired) electrons. The van der Waals surface area contributed by atoms with Crippen LogP contribution in [0.1, 0.15) is 36.3 Å². The van der Waals surface area contributed by atoms with E-state index in [1.165, 1.54) is 22.3 Å². The molecule has 0 unspecified atom stereocenters. The van der Waals surface area contributed by atoms with Gasteiger partial charge in [0, 0.05) is 19.1 Å². The van der Waals surface area contributed by atoms with E-state index in [1.54, 1.807) is 0 Å². The maximum absolute atomic E-state index is 12.3. The summed E-state index contributed by atoms with van der Waals surface area (Å²) in [6.07, 6.45) is 2.80. The highest BCUT2D eigenvalue weighted by atomic mass is 16.6. The van der Waals surface area contributed by atoms with Crippen molar-refractivity contribution in [2.45, 2.75) is 31.3 Å². The summed E-state index contributed by atoms with van der Waals surface area (Å²) in [5.74, 6) is 0.0528. The van der Waals surface area contributed by atoms with E-state index in [0.29, 0.717) is 138 Å². The first-order chi connectivity index (χ1) is 25.8. The lowest BCUT2D eigenvalue weighted by molar-refractivity contribution is -0.0318. The molecule has 0 aromatic heterocycles. The average molecular weight is 733 g/mol. The summed E-state index contributed by atoms with van der Waals surface area (Å²) in [7, 11) is 0. The zero-order chi connectivity index (χ0) is 36.2. The molecular weight excluding hydrogens is 672 g/mol. The Kier molecular flexibility index (Phi) is 22.5. The number of nitrogens with one attached hydrogen (secondary N) is 2. The van der Waals surface area contributed by atoms with Gasteiger partial charge in [0.25, 0.3) is 0 Å². The highest BCUT2D eigenvalue weighted by Crippen LogP contribution is 2.44. The quantitative estimate of drug-likeness (QED) is 0.109. The molecule has 13 nitrogen and oxygen atoms in total. The first-order valence-electron chi connectivity index (χ1n) is 18.9. The minimum absolute atomic E-state index is 0.0528. The summed E-state index contributed by atoms with van der Waals surface area (Å²) >= 11 is 0. The van der Waals surface area contributed by atoms with E-state index in [2.05, 4.69) is 34.9 Å². The fourth-order valence-corrected chi connectivity index (χ4v) is 5.89. The number of benzene rings is 2. The van der Waals surface area contributed by atoms with Gasteiger partial charge >= 0.3 is 6.09 Å². The smallest absolute Gasteiger partial charge is 0.407 e. The van der Waals surface area contributed by atoms with E-state index in [9.17, 15) is 4.79 Å². The van der Waals surface area contributed by atoms with Crippen LogP contribution in [0.2, 0.25) is 0 Å². The topological polar surface area (TPSA) is 133 Å². The van der Waals surface area contributed by atoms with Crippen LogP contribution in [0, 0.1) is 0 Å². The fourth-order valence-electron chi connectivity index (χ4n) is 5.89. The second-order valence-corrected chi connectivity index (χ2v) is 12.3. The van der Waals surface area contributed by atoms with Crippen LogP contribution in [-0.4, -0.2) is 151 Å². The number of ether oxygens (including phenoxy) is 10. The van der Waals surface area contributed by atoms with Crippen molar-refractivity contribution in [3.8, 4) is 11.1 Å². The molecule has 1 amide bonds. The van der Waals surface area contributed by atoms with E-state index >= 15 is 0 Å². The molecule has 1 heterocycles. The minimum Gasteiger partial charge on any atom is -0.449 e. The first kappa shape index (κ1) is 42.1. The van der Waals surface area contributed by atoms with Crippen molar-refractivity contribution < 1.29 is 52.2 Å². The molecular formula is C39H60N2O11. The number of hydrogen-bond acceptors (Lipinski definition) is 12. The molecule has 1 saturated heterocycles. The Labute approximate surface area is 309 Å². The Morgan fingerprint density at radius 1 is 0.558 bits per heavy atom. The van der Waals surface area contributed by atoms with E-state index in [-0.39, 0.29) is 5.92 Å². The predicted octanol–water partition coefficient (Wildman–Crippen LogP) is 3.82. The number of amides is 1. The maximum Gasteiger partial charge on any atom is 0.407 e. The van der Waals surface area contributed by atoms with Gasteiger partial charge in [-0.1, -0.05) is 48.5 Å². The third-order valence-electron chi connectivity index (χ3n) is 8.55. The van der Waals surface area contributed by atoms with Gasteiger partial charge in [0.15, 0.2) is 0 Å². The van der Waals surface area contributed by atoms with Gasteiger partial charge in [-0.2, -0.15) is 0 Å². The van der Waals surface area contributed by atoms with Crippen LogP contribution in [0.25, 0.3) is 11.1 Å². The fraction of sp³-hybridized carbons (Fsp3) is 0.667.